The summed E-state index contributed by atoms with van der Waals surface area (Å²) in [5.74, 6) is -1.24. The molecule has 4 atom stereocenters. The molecule has 1 rings (SSSR count). The van der Waals surface area contributed by atoms with Crippen LogP contribution in [0.3, 0.4) is 0 Å². The maximum absolute atomic E-state index is 10.4. The number of β-amino-alcohol motifs (C(OH)–C–C–N with tert-alkyl or cyclic N) is 1. The van der Waals surface area contributed by atoms with Crippen molar-refractivity contribution in [2.75, 3.05) is 6.54 Å². The van der Waals surface area contributed by atoms with Gasteiger partial charge in [-0.1, -0.05) is 0 Å². The molecule has 0 aromatic carbocycles. The standard InChI is InChI=1S/C6H11NO5.2H2O/c8-2-1-7-3(6(11)12)5(10)4(2)9;;/h2-5,7-10H,1H2,(H,11,12);2*1H2/t2-,3-,4+,5+;;/m0../s1. The molecule has 0 spiro atoms. The van der Waals surface area contributed by atoms with Crippen LogP contribution in [0.15, 0.2) is 0 Å². The summed E-state index contributed by atoms with van der Waals surface area (Å²) in [4.78, 5) is 10.4. The average Bonchev–Trinajstić information content (AvgIpc) is 2.00. The quantitative estimate of drug-likeness (QED) is 0.293. The van der Waals surface area contributed by atoms with Gasteiger partial charge in [0.15, 0.2) is 0 Å². The molecular weight excluding hydrogens is 198 g/mol. The van der Waals surface area contributed by atoms with Gasteiger partial charge in [0.05, 0.1) is 6.10 Å². The van der Waals surface area contributed by atoms with Crippen LogP contribution in [0.1, 0.15) is 0 Å². The van der Waals surface area contributed by atoms with Gasteiger partial charge in [-0.15, -0.1) is 0 Å². The third-order valence-electron chi connectivity index (χ3n) is 1.90. The highest BCUT2D eigenvalue weighted by molar-refractivity contribution is 5.74. The van der Waals surface area contributed by atoms with Gasteiger partial charge in [-0.05, 0) is 0 Å². The minimum absolute atomic E-state index is 0. The zero-order chi connectivity index (χ0) is 9.30. The van der Waals surface area contributed by atoms with Crippen LogP contribution in [0.5, 0.6) is 0 Å². The molecule has 1 fully saturated rings. The van der Waals surface area contributed by atoms with Crippen LogP contribution >= 0.6 is 0 Å². The summed E-state index contributed by atoms with van der Waals surface area (Å²) in [6, 6.07) is -1.21. The van der Waals surface area contributed by atoms with Gasteiger partial charge in [0, 0.05) is 6.54 Å². The lowest BCUT2D eigenvalue weighted by Gasteiger charge is -2.33. The van der Waals surface area contributed by atoms with E-state index in [9.17, 15) is 4.79 Å². The molecule has 8 heteroatoms. The SMILES string of the molecule is O.O.O=C(O)[C@H]1NC[C@H](O)[C@@H](O)[C@@H]1O. The molecule has 1 aliphatic rings. The van der Waals surface area contributed by atoms with Gasteiger partial charge in [0.2, 0.25) is 0 Å². The molecule has 86 valence electrons. The van der Waals surface area contributed by atoms with Crippen LogP contribution in [0.25, 0.3) is 0 Å². The number of carboxylic acids is 1. The highest BCUT2D eigenvalue weighted by Gasteiger charge is 2.39. The van der Waals surface area contributed by atoms with E-state index in [-0.39, 0.29) is 17.5 Å². The number of carboxylic acid groups (broad SMARTS) is 1. The minimum atomic E-state index is -1.47. The van der Waals surface area contributed by atoms with Crippen LogP contribution in [-0.4, -0.2) is 68.2 Å². The van der Waals surface area contributed by atoms with E-state index >= 15 is 0 Å². The molecule has 8 nitrogen and oxygen atoms in total. The Hall–Kier alpha value is -0.770. The van der Waals surface area contributed by atoms with Crippen molar-refractivity contribution in [1.82, 2.24) is 5.32 Å². The molecule has 0 bridgehead atoms. The lowest BCUT2D eigenvalue weighted by Crippen LogP contribution is -2.62. The number of aliphatic hydroxyl groups is 3. The highest BCUT2D eigenvalue weighted by Crippen LogP contribution is 2.10. The molecule has 0 aromatic heterocycles. The smallest absolute Gasteiger partial charge is 0.323 e. The Morgan fingerprint density at radius 2 is 1.64 bits per heavy atom. The molecule has 1 saturated heterocycles. The lowest BCUT2D eigenvalue weighted by molar-refractivity contribution is -0.152. The van der Waals surface area contributed by atoms with E-state index in [1.54, 1.807) is 0 Å². The lowest BCUT2D eigenvalue weighted by atomic mass is 9.96. The average molecular weight is 213 g/mol. The van der Waals surface area contributed by atoms with Gasteiger partial charge in [-0.2, -0.15) is 0 Å². The summed E-state index contributed by atoms with van der Waals surface area (Å²) in [5, 5.41) is 38.1. The zero-order valence-electron chi connectivity index (χ0n) is 7.21. The van der Waals surface area contributed by atoms with Crippen LogP contribution in [0.2, 0.25) is 0 Å². The fourth-order valence-electron chi connectivity index (χ4n) is 1.15. The zero-order valence-corrected chi connectivity index (χ0v) is 7.21. The number of nitrogens with one attached hydrogen (secondary N) is 1. The molecule has 0 radical (unpaired) electrons. The van der Waals surface area contributed by atoms with Gasteiger partial charge in [-0.25, -0.2) is 0 Å². The molecule has 0 aliphatic carbocycles. The molecule has 0 amide bonds. The van der Waals surface area contributed by atoms with Crippen molar-refractivity contribution in [3.8, 4) is 0 Å². The minimum Gasteiger partial charge on any atom is -0.480 e. The molecule has 0 aromatic rings. The summed E-state index contributed by atoms with van der Waals surface area (Å²) in [5.41, 5.74) is 0. The van der Waals surface area contributed by atoms with Gasteiger partial charge < -0.3 is 31.4 Å². The van der Waals surface area contributed by atoms with Gasteiger partial charge in [-0.3, -0.25) is 10.1 Å². The number of hydrogen-bond acceptors (Lipinski definition) is 5. The van der Waals surface area contributed by atoms with E-state index < -0.39 is 30.3 Å². The summed E-state index contributed by atoms with van der Waals surface area (Å²) >= 11 is 0. The second-order valence-corrected chi connectivity index (χ2v) is 2.77. The molecular formula is C6H15NO7. The molecule has 0 saturated carbocycles. The monoisotopic (exact) mass is 213 g/mol. The van der Waals surface area contributed by atoms with Crippen LogP contribution < -0.4 is 5.32 Å². The maximum Gasteiger partial charge on any atom is 0.323 e. The first-order valence-corrected chi connectivity index (χ1v) is 3.54. The number of aliphatic carboxylic acids is 1. The first kappa shape index (κ1) is 15.7. The number of rotatable bonds is 1. The van der Waals surface area contributed by atoms with Crippen LogP contribution in [-0.2, 0) is 4.79 Å². The number of piperidine rings is 1. The Morgan fingerprint density at radius 3 is 2.07 bits per heavy atom. The Morgan fingerprint density at radius 1 is 1.14 bits per heavy atom. The molecule has 14 heavy (non-hydrogen) atoms. The first-order chi connectivity index (χ1) is 5.54. The Balaban J connectivity index is 0. The van der Waals surface area contributed by atoms with E-state index in [0.29, 0.717) is 0 Å². The van der Waals surface area contributed by atoms with Crippen molar-refractivity contribution in [2.24, 2.45) is 0 Å². The van der Waals surface area contributed by atoms with E-state index in [1.807, 2.05) is 0 Å². The van der Waals surface area contributed by atoms with E-state index in [1.165, 1.54) is 0 Å². The second kappa shape index (κ2) is 5.86. The first-order valence-electron chi connectivity index (χ1n) is 3.54. The Bertz CT molecular complexity index is 187. The van der Waals surface area contributed by atoms with Crippen molar-refractivity contribution in [1.29, 1.82) is 0 Å². The third kappa shape index (κ3) is 2.87. The maximum atomic E-state index is 10.4. The Kier molecular flexibility index (Phi) is 6.56. The van der Waals surface area contributed by atoms with Crippen LogP contribution in [0, 0.1) is 0 Å². The summed E-state index contributed by atoms with van der Waals surface area (Å²) in [6.45, 7) is -0.0325. The summed E-state index contributed by atoms with van der Waals surface area (Å²) < 4.78 is 0. The number of aliphatic hydroxyl groups excluding tert-OH is 3. The molecule has 9 N–H and O–H groups in total. The summed E-state index contributed by atoms with van der Waals surface area (Å²) in [6.07, 6.45) is -3.98. The van der Waals surface area contributed by atoms with Crippen molar-refractivity contribution in [2.45, 2.75) is 24.4 Å². The predicted molar refractivity (Wildman–Crippen MR) is 44.7 cm³/mol. The predicted octanol–water partition coefficient (Wildman–Crippen LogP) is -4.52. The van der Waals surface area contributed by atoms with E-state index in [4.69, 9.17) is 20.4 Å². The largest absolute Gasteiger partial charge is 0.480 e. The molecule has 1 aliphatic heterocycles. The van der Waals surface area contributed by atoms with Gasteiger partial charge >= 0.3 is 5.97 Å². The van der Waals surface area contributed by atoms with E-state index in [2.05, 4.69) is 5.32 Å². The Labute approximate surface area is 79.4 Å². The van der Waals surface area contributed by atoms with Crippen LogP contribution in [0.4, 0.5) is 0 Å². The fraction of sp³-hybridized carbons (Fsp3) is 0.833. The summed E-state index contributed by atoms with van der Waals surface area (Å²) in [7, 11) is 0. The van der Waals surface area contributed by atoms with E-state index in [0.717, 1.165) is 0 Å². The van der Waals surface area contributed by atoms with Crippen molar-refractivity contribution in [3.05, 3.63) is 0 Å². The van der Waals surface area contributed by atoms with Crippen molar-refractivity contribution < 1.29 is 36.2 Å². The number of carbonyl (C=O) groups is 1. The fourth-order valence-corrected chi connectivity index (χ4v) is 1.15. The normalized spacial score (nSPS) is 36.5. The van der Waals surface area contributed by atoms with Crippen molar-refractivity contribution >= 4 is 5.97 Å². The van der Waals surface area contributed by atoms with Gasteiger partial charge in [0.1, 0.15) is 18.2 Å². The highest BCUT2D eigenvalue weighted by atomic mass is 16.4. The third-order valence-corrected chi connectivity index (χ3v) is 1.90. The van der Waals surface area contributed by atoms with Crippen molar-refractivity contribution in [3.63, 3.8) is 0 Å². The number of hydrogen-bond donors (Lipinski definition) is 5. The molecule has 1 heterocycles. The topological polar surface area (TPSA) is 173 Å². The second-order valence-electron chi connectivity index (χ2n) is 2.77. The molecule has 0 unspecified atom stereocenters. The van der Waals surface area contributed by atoms with Gasteiger partial charge in [0.25, 0.3) is 0 Å².